The predicted molar refractivity (Wildman–Crippen MR) is 64.6 cm³/mol. The molecule has 4 nitrogen and oxygen atoms in total. The molecule has 0 aromatic carbocycles. The molecule has 0 spiro atoms. The second kappa shape index (κ2) is 3.90. The van der Waals surface area contributed by atoms with E-state index >= 15 is 0 Å². The largest absolute Gasteiger partial charge is 0.472 e. The summed E-state index contributed by atoms with van der Waals surface area (Å²) < 4.78 is 7.71. The first-order valence-corrected chi connectivity index (χ1v) is 5.56. The van der Waals surface area contributed by atoms with Crippen LogP contribution < -0.4 is 0 Å². The van der Waals surface area contributed by atoms with Crippen molar-refractivity contribution >= 4 is 12.2 Å². The normalized spacial score (nSPS) is 11.9. The van der Waals surface area contributed by atoms with Crippen molar-refractivity contribution in [2.45, 2.75) is 27.3 Å². The molecule has 0 fully saturated rings. The molecule has 86 valence electrons. The quantitative estimate of drug-likeness (QED) is 0.815. The summed E-state index contributed by atoms with van der Waals surface area (Å²) in [6.45, 7) is 7.33. The molecule has 0 saturated carbocycles. The highest BCUT2D eigenvalue weighted by Crippen LogP contribution is 2.23. The second-order valence-corrected chi connectivity index (χ2v) is 5.40. The molecule has 1 N–H and O–H groups in total. The zero-order chi connectivity index (χ0) is 11.8. The third-order valence-corrected chi connectivity index (χ3v) is 2.48. The first kappa shape index (κ1) is 11.1. The third kappa shape index (κ3) is 2.24. The van der Waals surface area contributed by atoms with E-state index in [4.69, 9.17) is 16.6 Å². The Morgan fingerprint density at radius 3 is 2.81 bits per heavy atom. The highest BCUT2D eigenvalue weighted by molar-refractivity contribution is 7.71. The molecule has 2 heterocycles. The number of furan rings is 1. The zero-order valence-corrected chi connectivity index (χ0v) is 10.5. The molecule has 0 aliphatic rings. The molecule has 0 bridgehead atoms. The smallest absolute Gasteiger partial charge is 0.195 e. The summed E-state index contributed by atoms with van der Waals surface area (Å²) in [7, 11) is 0. The van der Waals surface area contributed by atoms with Gasteiger partial charge in [0.1, 0.15) is 6.26 Å². The Balaban J connectivity index is 2.45. The zero-order valence-electron chi connectivity index (χ0n) is 9.65. The Morgan fingerprint density at radius 2 is 2.25 bits per heavy atom. The number of nitrogens with zero attached hydrogens (tertiary/aromatic N) is 2. The standard InChI is InChI=1S/C11H15N3OS/c1-11(2,3)7-14-9(12-13-10(14)16)8-4-5-15-6-8/h4-6H,7H2,1-3H3,(H,13,16). The van der Waals surface area contributed by atoms with E-state index in [1.54, 1.807) is 12.5 Å². The minimum atomic E-state index is 0.153. The molecule has 0 unspecified atom stereocenters. The van der Waals surface area contributed by atoms with E-state index in [0.717, 1.165) is 17.9 Å². The molecular formula is C11H15N3OS. The monoisotopic (exact) mass is 237 g/mol. The van der Waals surface area contributed by atoms with Gasteiger partial charge in [-0.3, -0.25) is 9.67 Å². The lowest BCUT2D eigenvalue weighted by Crippen LogP contribution is -2.16. The fraction of sp³-hybridized carbons (Fsp3) is 0.455. The summed E-state index contributed by atoms with van der Waals surface area (Å²) >= 11 is 5.23. The van der Waals surface area contributed by atoms with E-state index in [1.807, 2.05) is 10.6 Å². The van der Waals surface area contributed by atoms with Crippen LogP contribution in [0.2, 0.25) is 0 Å². The van der Waals surface area contributed by atoms with Crippen LogP contribution in [0, 0.1) is 10.2 Å². The van der Waals surface area contributed by atoms with Crippen LogP contribution >= 0.6 is 12.2 Å². The van der Waals surface area contributed by atoms with Gasteiger partial charge in [0.05, 0.1) is 11.8 Å². The van der Waals surface area contributed by atoms with Crippen LogP contribution in [0.3, 0.4) is 0 Å². The van der Waals surface area contributed by atoms with Gasteiger partial charge in [-0.25, -0.2) is 0 Å². The van der Waals surface area contributed by atoms with Gasteiger partial charge < -0.3 is 4.42 Å². The Morgan fingerprint density at radius 1 is 1.50 bits per heavy atom. The van der Waals surface area contributed by atoms with Gasteiger partial charge in [-0.2, -0.15) is 5.10 Å². The minimum Gasteiger partial charge on any atom is -0.472 e. The summed E-state index contributed by atoms with van der Waals surface area (Å²) in [4.78, 5) is 0. The predicted octanol–water partition coefficient (Wildman–Crippen LogP) is 3.25. The first-order valence-electron chi connectivity index (χ1n) is 5.15. The molecule has 0 saturated heterocycles. The number of aromatic amines is 1. The average Bonchev–Trinajstić information content (AvgIpc) is 2.75. The molecule has 5 heteroatoms. The van der Waals surface area contributed by atoms with E-state index in [0.29, 0.717) is 4.77 Å². The molecule has 0 atom stereocenters. The number of hydrogen-bond acceptors (Lipinski definition) is 3. The van der Waals surface area contributed by atoms with E-state index in [9.17, 15) is 0 Å². The van der Waals surface area contributed by atoms with Crippen LogP contribution in [0.4, 0.5) is 0 Å². The van der Waals surface area contributed by atoms with Crippen molar-refractivity contribution in [2.24, 2.45) is 5.41 Å². The summed E-state index contributed by atoms with van der Waals surface area (Å²) in [5, 5.41) is 7.05. The van der Waals surface area contributed by atoms with Gasteiger partial charge in [0, 0.05) is 6.54 Å². The SMILES string of the molecule is CC(C)(C)Cn1c(-c2ccoc2)n[nH]c1=S. The summed E-state index contributed by atoms with van der Waals surface area (Å²) in [6.07, 6.45) is 3.30. The molecule has 2 rings (SSSR count). The van der Waals surface area contributed by atoms with Crippen LogP contribution in [-0.2, 0) is 6.54 Å². The number of H-pyrrole nitrogens is 1. The van der Waals surface area contributed by atoms with Gasteiger partial charge in [-0.05, 0) is 23.7 Å². The lowest BCUT2D eigenvalue weighted by Gasteiger charge is -2.19. The molecule has 0 aliphatic heterocycles. The van der Waals surface area contributed by atoms with Crippen molar-refractivity contribution in [1.29, 1.82) is 0 Å². The van der Waals surface area contributed by atoms with Gasteiger partial charge >= 0.3 is 0 Å². The van der Waals surface area contributed by atoms with Crippen molar-refractivity contribution in [3.8, 4) is 11.4 Å². The number of rotatable bonds is 2. The Labute approximate surface area is 99.3 Å². The molecule has 0 aliphatic carbocycles. The molecular weight excluding hydrogens is 222 g/mol. The molecule has 0 amide bonds. The van der Waals surface area contributed by atoms with Crippen molar-refractivity contribution in [2.75, 3.05) is 0 Å². The molecule has 16 heavy (non-hydrogen) atoms. The lowest BCUT2D eigenvalue weighted by molar-refractivity contribution is 0.343. The third-order valence-electron chi connectivity index (χ3n) is 2.17. The van der Waals surface area contributed by atoms with E-state index in [1.165, 1.54) is 0 Å². The Kier molecular flexibility index (Phi) is 2.71. The molecule has 2 aromatic heterocycles. The highest BCUT2D eigenvalue weighted by Gasteiger charge is 2.16. The summed E-state index contributed by atoms with van der Waals surface area (Å²) in [5.41, 5.74) is 1.09. The van der Waals surface area contributed by atoms with Crippen LogP contribution in [0.5, 0.6) is 0 Å². The van der Waals surface area contributed by atoms with E-state index in [-0.39, 0.29) is 5.41 Å². The van der Waals surface area contributed by atoms with Crippen molar-refractivity contribution in [3.05, 3.63) is 23.4 Å². The fourth-order valence-corrected chi connectivity index (χ4v) is 1.75. The topological polar surface area (TPSA) is 46.8 Å². The maximum Gasteiger partial charge on any atom is 0.195 e. The van der Waals surface area contributed by atoms with Gasteiger partial charge in [0.2, 0.25) is 0 Å². The minimum absolute atomic E-state index is 0.153. The van der Waals surface area contributed by atoms with Crippen LogP contribution in [-0.4, -0.2) is 14.8 Å². The van der Waals surface area contributed by atoms with Gasteiger partial charge in [0.25, 0.3) is 0 Å². The van der Waals surface area contributed by atoms with Gasteiger partial charge in [-0.15, -0.1) is 0 Å². The summed E-state index contributed by atoms with van der Waals surface area (Å²) in [5.74, 6) is 0.827. The Bertz CT molecular complexity index is 516. The van der Waals surface area contributed by atoms with Crippen molar-refractivity contribution < 1.29 is 4.42 Å². The van der Waals surface area contributed by atoms with Crippen molar-refractivity contribution in [1.82, 2.24) is 14.8 Å². The van der Waals surface area contributed by atoms with Crippen LogP contribution in [0.15, 0.2) is 23.0 Å². The van der Waals surface area contributed by atoms with Gasteiger partial charge in [-0.1, -0.05) is 20.8 Å². The van der Waals surface area contributed by atoms with E-state index in [2.05, 4.69) is 31.0 Å². The lowest BCUT2D eigenvalue weighted by atomic mass is 9.97. The van der Waals surface area contributed by atoms with Crippen LogP contribution in [0.1, 0.15) is 20.8 Å². The number of hydrogen-bond donors (Lipinski definition) is 1. The fourth-order valence-electron chi connectivity index (χ4n) is 1.55. The van der Waals surface area contributed by atoms with Crippen LogP contribution in [0.25, 0.3) is 11.4 Å². The summed E-state index contributed by atoms with van der Waals surface area (Å²) in [6, 6.07) is 1.88. The van der Waals surface area contributed by atoms with E-state index < -0.39 is 0 Å². The average molecular weight is 237 g/mol. The van der Waals surface area contributed by atoms with Crippen molar-refractivity contribution in [3.63, 3.8) is 0 Å². The Hall–Kier alpha value is -1.36. The second-order valence-electron chi connectivity index (χ2n) is 5.01. The molecule has 0 radical (unpaired) electrons. The maximum atomic E-state index is 5.23. The molecule has 2 aromatic rings. The first-order chi connectivity index (χ1) is 7.47. The van der Waals surface area contributed by atoms with Gasteiger partial charge in [0.15, 0.2) is 10.6 Å². The maximum absolute atomic E-state index is 5.23. The number of aromatic nitrogens is 3. The highest BCUT2D eigenvalue weighted by atomic mass is 32.1. The number of nitrogens with one attached hydrogen (secondary N) is 1.